The lowest BCUT2D eigenvalue weighted by atomic mass is 10.1. The highest BCUT2D eigenvalue weighted by molar-refractivity contribution is 9.10. The molecule has 0 amide bonds. The average molecular weight is 344 g/mol. The van der Waals surface area contributed by atoms with E-state index in [2.05, 4.69) is 26.1 Å². The third-order valence-corrected chi connectivity index (χ3v) is 3.36. The zero-order valence-electron chi connectivity index (χ0n) is 10.5. The third kappa shape index (κ3) is 2.56. The molecule has 0 aliphatic heterocycles. The monoisotopic (exact) mass is 343 g/mol. The molecule has 0 unspecified atom stereocenters. The van der Waals surface area contributed by atoms with E-state index in [9.17, 15) is 4.39 Å². The van der Waals surface area contributed by atoms with Crippen LogP contribution in [-0.4, -0.2) is 10.1 Å². The fourth-order valence-corrected chi connectivity index (χ4v) is 2.29. The second-order valence-electron chi connectivity index (χ2n) is 4.21. The summed E-state index contributed by atoms with van der Waals surface area (Å²) in [5.74, 6) is -0.127. The summed E-state index contributed by atoms with van der Waals surface area (Å²) in [6.45, 7) is 0. The number of hydrogen-bond donors (Lipinski definition) is 0. The SMILES string of the molecule is N#Cc1c(F)cccc1-c1nc(-c2cccc(Br)c2)no1. The van der Waals surface area contributed by atoms with Gasteiger partial charge in [0.1, 0.15) is 17.4 Å². The van der Waals surface area contributed by atoms with Crippen molar-refractivity contribution >= 4 is 15.9 Å². The minimum Gasteiger partial charge on any atom is -0.334 e. The Balaban J connectivity index is 2.08. The summed E-state index contributed by atoms with van der Waals surface area (Å²) in [6, 6.07) is 13.5. The van der Waals surface area contributed by atoms with Crippen molar-refractivity contribution in [2.75, 3.05) is 0 Å². The second-order valence-corrected chi connectivity index (χ2v) is 5.12. The van der Waals surface area contributed by atoms with Crippen LogP contribution in [0.3, 0.4) is 0 Å². The summed E-state index contributed by atoms with van der Waals surface area (Å²) in [7, 11) is 0. The van der Waals surface area contributed by atoms with Gasteiger partial charge in [0.15, 0.2) is 0 Å². The number of aromatic nitrogens is 2. The van der Waals surface area contributed by atoms with Crippen molar-refractivity contribution in [3.05, 3.63) is 58.3 Å². The summed E-state index contributed by atoms with van der Waals surface area (Å²) in [6.07, 6.45) is 0. The number of benzene rings is 2. The van der Waals surface area contributed by atoms with Crippen molar-refractivity contribution in [3.63, 3.8) is 0 Å². The molecule has 1 aromatic heterocycles. The molecule has 6 heteroatoms. The molecule has 0 saturated carbocycles. The Morgan fingerprint density at radius 3 is 2.76 bits per heavy atom. The summed E-state index contributed by atoms with van der Waals surface area (Å²) < 4.78 is 19.6. The third-order valence-electron chi connectivity index (χ3n) is 2.86. The van der Waals surface area contributed by atoms with Gasteiger partial charge in [-0.05, 0) is 24.3 Å². The average Bonchev–Trinajstić information content (AvgIpc) is 2.96. The summed E-state index contributed by atoms with van der Waals surface area (Å²) >= 11 is 3.36. The first-order valence-corrected chi connectivity index (χ1v) is 6.77. The van der Waals surface area contributed by atoms with Gasteiger partial charge in [0.2, 0.25) is 5.82 Å². The fourth-order valence-electron chi connectivity index (χ4n) is 1.89. The van der Waals surface area contributed by atoms with E-state index in [1.165, 1.54) is 12.1 Å². The van der Waals surface area contributed by atoms with Gasteiger partial charge in [0, 0.05) is 10.0 Å². The Morgan fingerprint density at radius 2 is 2.00 bits per heavy atom. The highest BCUT2D eigenvalue weighted by Gasteiger charge is 2.16. The van der Waals surface area contributed by atoms with Crippen molar-refractivity contribution in [3.8, 4) is 28.9 Å². The zero-order chi connectivity index (χ0) is 14.8. The molecule has 0 fully saturated rings. The molecule has 21 heavy (non-hydrogen) atoms. The molecule has 3 aromatic rings. The Labute approximate surface area is 128 Å². The quantitative estimate of drug-likeness (QED) is 0.700. The minimum atomic E-state index is -0.614. The highest BCUT2D eigenvalue weighted by Crippen LogP contribution is 2.27. The van der Waals surface area contributed by atoms with Crippen LogP contribution in [0.25, 0.3) is 22.8 Å². The smallest absolute Gasteiger partial charge is 0.259 e. The molecule has 0 aliphatic rings. The van der Waals surface area contributed by atoms with E-state index in [0.29, 0.717) is 5.82 Å². The predicted octanol–water partition coefficient (Wildman–Crippen LogP) is 4.18. The second kappa shape index (κ2) is 5.46. The van der Waals surface area contributed by atoms with Gasteiger partial charge in [-0.1, -0.05) is 39.3 Å². The van der Waals surface area contributed by atoms with E-state index >= 15 is 0 Å². The predicted molar refractivity (Wildman–Crippen MR) is 77.5 cm³/mol. The first kappa shape index (κ1) is 13.5. The maximum atomic E-state index is 13.6. The highest BCUT2D eigenvalue weighted by atomic mass is 79.9. The molecular formula is C15H7BrFN3O. The van der Waals surface area contributed by atoms with Gasteiger partial charge in [-0.15, -0.1) is 0 Å². The molecule has 0 radical (unpaired) electrons. The first-order chi connectivity index (χ1) is 10.2. The Bertz CT molecular complexity index is 854. The molecule has 3 rings (SSSR count). The maximum Gasteiger partial charge on any atom is 0.259 e. The lowest BCUT2D eigenvalue weighted by Gasteiger charge is -1.98. The normalized spacial score (nSPS) is 10.3. The molecule has 0 saturated heterocycles. The summed E-state index contributed by atoms with van der Waals surface area (Å²) in [4.78, 5) is 4.23. The van der Waals surface area contributed by atoms with Crippen LogP contribution in [0.2, 0.25) is 0 Å². The fraction of sp³-hybridized carbons (Fsp3) is 0. The summed E-state index contributed by atoms with van der Waals surface area (Å²) in [5, 5.41) is 12.9. The van der Waals surface area contributed by atoms with Crippen LogP contribution in [0.5, 0.6) is 0 Å². The Morgan fingerprint density at radius 1 is 1.19 bits per heavy atom. The number of hydrogen-bond acceptors (Lipinski definition) is 4. The minimum absolute atomic E-state index is 0.109. The van der Waals surface area contributed by atoms with Crippen LogP contribution in [0.4, 0.5) is 4.39 Å². The van der Waals surface area contributed by atoms with Gasteiger partial charge in [-0.2, -0.15) is 10.2 Å². The largest absolute Gasteiger partial charge is 0.334 e. The van der Waals surface area contributed by atoms with E-state index in [4.69, 9.17) is 9.78 Å². The maximum absolute atomic E-state index is 13.6. The summed E-state index contributed by atoms with van der Waals surface area (Å²) in [5.41, 5.74) is 0.933. The Hall–Kier alpha value is -2.52. The molecule has 0 atom stereocenters. The first-order valence-electron chi connectivity index (χ1n) is 5.97. The zero-order valence-corrected chi connectivity index (χ0v) is 12.1. The van der Waals surface area contributed by atoms with Crippen LogP contribution in [-0.2, 0) is 0 Å². The topological polar surface area (TPSA) is 62.7 Å². The molecule has 1 heterocycles. The molecule has 0 N–H and O–H groups in total. The van der Waals surface area contributed by atoms with Crippen molar-refractivity contribution in [1.29, 1.82) is 5.26 Å². The van der Waals surface area contributed by atoms with Crippen molar-refractivity contribution in [2.24, 2.45) is 0 Å². The standard InChI is InChI=1S/C15H7BrFN3O/c16-10-4-1-3-9(7-10)14-19-15(21-20-14)11-5-2-6-13(17)12(11)8-18/h1-7H. The molecule has 4 nitrogen and oxygen atoms in total. The van der Waals surface area contributed by atoms with Crippen molar-refractivity contribution in [1.82, 2.24) is 10.1 Å². The molecule has 0 spiro atoms. The van der Waals surface area contributed by atoms with Gasteiger partial charge in [0.05, 0.1) is 5.56 Å². The van der Waals surface area contributed by atoms with E-state index in [-0.39, 0.29) is 17.0 Å². The van der Waals surface area contributed by atoms with E-state index < -0.39 is 5.82 Å². The van der Waals surface area contributed by atoms with Crippen LogP contribution < -0.4 is 0 Å². The van der Waals surface area contributed by atoms with E-state index in [1.54, 1.807) is 6.07 Å². The number of rotatable bonds is 2. The van der Waals surface area contributed by atoms with Crippen molar-refractivity contribution in [2.45, 2.75) is 0 Å². The van der Waals surface area contributed by atoms with Gasteiger partial charge in [-0.25, -0.2) is 4.39 Å². The number of halogens is 2. The number of nitriles is 1. The lowest BCUT2D eigenvalue weighted by Crippen LogP contribution is -1.89. The molecule has 2 aromatic carbocycles. The van der Waals surface area contributed by atoms with E-state index in [1.807, 2.05) is 30.3 Å². The van der Waals surface area contributed by atoms with Crippen LogP contribution in [0.1, 0.15) is 5.56 Å². The van der Waals surface area contributed by atoms with Gasteiger partial charge in [-0.3, -0.25) is 0 Å². The van der Waals surface area contributed by atoms with E-state index in [0.717, 1.165) is 10.0 Å². The van der Waals surface area contributed by atoms with Crippen LogP contribution in [0.15, 0.2) is 51.5 Å². The van der Waals surface area contributed by atoms with Crippen LogP contribution in [0, 0.1) is 17.1 Å². The van der Waals surface area contributed by atoms with Crippen LogP contribution >= 0.6 is 15.9 Å². The lowest BCUT2D eigenvalue weighted by molar-refractivity contribution is 0.432. The van der Waals surface area contributed by atoms with Gasteiger partial charge >= 0.3 is 0 Å². The van der Waals surface area contributed by atoms with Gasteiger partial charge < -0.3 is 4.52 Å². The molecule has 0 bridgehead atoms. The van der Waals surface area contributed by atoms with Gasteiger partial charge in [0.25, 0.3) is 5.89 Å². The Kier molecular flexibility index (Phi) is 3.50. The van der Waals surface area contributed by atoms with Crippen molar-refractivity contribution < 1.29 is 8.91 Å². The molecule has 0 aliphatic carbocycles. The molecular weight excluding hydrogens is 337 g/mol. The molecule has 102 valence electrons. The number of nitrogens with zero attached hydrogens (tertiary/aromatic N) is 3.